The SMILES string of the molecule is [F][Ge-2]([F])([F])([F])([F])[F].[Li+].[Li+]. The first-order valence-corrected chi connectivity index (χ1v) is 5.89. The molecule has 0 saturated heterocycles. The molecule has 0 radical (unpaired) electrons. The Morgan fingerprint density at radius 3 is 0.556 bits per heavy atom. The molecule has 0 nitrogen and oxygen atoms in total. The van der Waals surface area contributed by atoms with Crippen LogP contribution in [0.5, 0.6) is 0 Å². The normalized spacial score (nSPS) is 18.0. The third-order valence-electron chi connectivity index (χ3n) is 0. The van der Waals surface area contributed by atoms with Gasteiger partial charge in [0.2, 0.25) is 0 Å². The van der Waals surface area contributed by atoms with Crippen LogP contribution < -0.4 is 37.7 Å². The van der Waals surface area contributed by atoms with Crippen LogP contribution in [0, 0.1) is 0 Å². The minimum absolute atomic E-state index is 0. The topological polar surface area (TPSA) is 0 Å². The molecular formula is F6GeLi2. The van der Waals surface area contributed by atoms with Crippen LogP contribution in [-0.2, 0) is 0 Å². The first-order valence-electron chi connectivity index (χ1n) is 1.13. The van der Waals surface area contributed by atoms with Gasteiger partial charge >= 0.3 is 72.6 Å². The molecule has 0 aliphatic rings. The molecule has 0 bridgehead atoms. The first kappa shape index (κ1) is 16.7. The Labute approximate surface area is 72.5 Å². The van der Waals surface area contributed by atoms with Crippen LogP contribution in [-0.4, -0.2) is 13.9 Å². The van der Waals surface area contributed by atoms with E-state index < -0.39 is 13.9 Å². The van der Waals surface area contributed by atoms with Crippen molar-refractivity contribution in [2.24, 2.45) is 0 Å². The predicted molar refractivity (Wildman–Crippen MR) is 12.4 cm³/mol. The second kappa shape index (κ2) is 2.42. The molecule has 0 aromatic heterocycles. The van der Waals surface area contributed by atoms with Crippen molar-refractivity contribution < 1.29 is 58.7 Å². The minimum atomic E-state index is -11.2. The second-order valence-corrected chi connectivity index (χ2v) is 5.57. The van der Waals surface area contributed by atoms with Crippen LogP contribution in [0.25, 0.3) is 0 Å². The Morgan fingerprint density at radius 1 is 0.556 bits per heavy atom. The third kappa shape index (κ3) is 287. The van der Waals surface area contributed by atoms with Gasteiger partial charge in [-0.15, -0.1) is 0 Å². The van der Waals surface area contributed by atoms with Gasteiger partial charge in [0.1, 0.15) is 0 Å². The largest absolute Gasteiger partial charge is 1.00 e. The van der Waals surface area contributed by atoms with Crippen molar-refractivity contribution in [3.8, 4) is 0 Å². The Bertz CT molecular complexity index is 69.6. The molecule has 0 aliphatic heterocycles. The van der Waals surface area contributed by atoms with Crippen molar-refractivity contribution in [3.05, 3.63) is 0 Å². The van der Waals surface area contributed by atoms with Gasteiger partial charge in [-0.05, 0) is 0 Å². The van der Waals surface area contributed by atoms with Crippen LogP contribution >= 0.6 is 0 Å². The van der Waals surface area contributed by atoms with E-state index in [1.54, 1.807) is 0 Å². The Balaban J connectivity index is -0.000000180. The van der Waals surface area contributed by atoms with Gasteiger partial charge in [-0.1, -0.05) is 0 Å². The standard InChI is InChI=1S/F6Ge.2Li/c1-7(2,3,4,5)6;;/q-2;2*+1. The van der Waals surface area contributed by atoms with E-state index in [1.165, 1.54) is 0 Å². The second-order valence-electron chi connectivity index (χ2n) is 1.07. The van der Waals surface area contributed by atoms with Crippen LogP contribution in [0.15, 0.2) is 0 Å². The third-order valence-corrected chi connectivity index (χ3v) is 0. The molecule has 0 fully saturated rings. The molecule has 48 valence electrons. The summed E-state index contributed by atoms with van der Waals surface area (Å²) in [6.07, 6.45) is 0. The molecule has 0 atom stereocenters. The maximum atomic E-state index is 9.92. The number of hydrogen-bond acceptors (Lipinski definition) is 0. The fourth-order valence-corrected chi connectivity index (χ4v) is 0. The maximum absolute atomic E-state index is 11.2. The fraction of sp³-hybridized carbons (Fsp3) is 0. The molecule has 0 aromatic rings. The Hall–Kier alpha value is 1.32. The van der Waals surface area contributed by atoms with Gasteiger partial charge in [-0.25, -0.2) is 0 Å². The first-order chi connectivity index (χ1) is 2.45. The molecule has 9 heavy (non-hydrogen) atoms. The smallest absolute Gasteiger partial charge is 1.00 e. The summed E-state index contributed by atoms with van der Waals surface area (Å²) >= 11 is -11.2. The van der Waals surface area contributed by atoms with E-state index in [4.69, 9.17) is 0 Å². The minimum Gasteiger partial charge on any atom is 1.00 e. The molecule has 0 aromatic carbocycles. The molecule has 0 N–H and O–H groups in total. The zero-order valence-electron chi connectivity index (χ0n) is 4.77. The molecule has 0 aliphatic carbocycles. The fourth-order valence-electron chi connectivity index (χ4n) is 0. The molecule has 9 heteroatoms. The van der Waals surface area contributed by atoms with E-state index in [0.29, 0.717) is 0 Å². The van der Waals surface area contributed by atoms with Gasteiger partial charge in [0.15, 0.2) is 0 Å². The van der Waals surface area contributed by atoms with Crippen LogP contribution in [0.4, 0.5) is 21.0 Å². The van der Waals surface area contributed by atoms with E-state index in [0.717, 1.165) is 0 Å². The Morgan fingerprint density at radius 2 is 0.556 bits per heavy atom. The number of hydrogen-bond donors (Lipinski definition) is 0. The van der Waals surface area contributed by atoms with Crippen LogP contribution in [0.2, 0.25) is 0 Å². The Kier molecular flexibility index (Phi) is 4.50. The quantitative estimate of drug-likeness (QED) is 0.278. The number of halogens is 6. The van der Waals surface area contributed by atoms with E-state index >= 15 is 0 Å². The van der Waals surface area contributed by atoms with Crippen molar-refractivity contribution in [2.45, 2.75) is 0 Å². The monoisotopic (exact) mass is 202 g/mol. The van der Waals surface area contributed by atoms with Crippen LogP contribution in [0.1, 0.15) is 0 Å². The summed E-state index contributed by atoms with van der Waals surface area (Å²) in [6.45, 7) is 0. The van der Waals surface area contributed by atoms with E-state index in [9.17, 15) is 21.0 Å². The molecular weight excluding hydrogens is 200 g/mol. The predicted octanol–water partition coefficient (Wildman–Crippen LogP) is -3.85. The maximum Gasteiger partial charge on any atom is 1.00 e. The van der Waals surface area contributed by atoms with Crippen LogP contribution in [0.3, 0.4) is 0 Å². The molecule has 0 rings (SSSR count). The summed E-state index contributed by atoms with van der Waals surface area (Å²) < 4.78 is 59.5. The van der Waals surface area contributed by atoms with Gasteiger partial charge < -0.3 is 0 Å². The summed E-state index contributed by atoms with van der Waals surface area (Å²) in [5.41, 5.74) is 0. The number of rotatable bonds is 0. The molecule has 0 amide bonds. The van der Waals surface area contributed by atoms with Crippen molar-refractivity contribution in [3.63, 3.8) is 0 Å². The van der Waals surface area contributed by atoms with Gasteiger partial charge in [0.25, 0.3) is 0 Å². The van der Waals surface area contributed by atoms with Crippen molar-refractivity contribution in [1.29, 1.82) is 0 Å². The van der Waals surface area contributed by atoms with Crippen molar-refractivity contribution >= 4 is 13.9 Å². The van der Waals surface area contributed by atoms with E-state index in [1.807, 2.05) is 0 Å². The average molecular weight is 200 g/mol. The molecule has 0 spiro atoms. The van der Waals surface area contributed by atoms with E-state index in [-0.39, 0.29) is 37.7 Å². The zero-order valence-corrected chi connectivity index (χ0v) is 6.87. The van der Waals surface area contributed by atoms with Gasteiger partial charge in [0, 0.05) is 0 Å². The summed E-state index contributed by atoms with van der Waals surface area (Å²) in [6, 6.07) is 0. The van der Waals surface area contributed by atoms with Gasteiger partial charge in [0.05, 0.1) is 0 Å². The van der Waals surface area contributed by atoms with Crippen molar-refractivity contribution in [2.75, 3.05) is 0 Å². The summed E-state index contributed by atoms with van der Waals surface area (Å²) in [4.78, 5) is 0. The average Bonchev–Trinajstić information content (AvgIpc) is 0.592. The summed E-state index contributed by atoms with van der Waals surface area (Å²) in [5, 5.41) is 0. The summed E-state index contributed by atoms with van der Waals surface area (Å²) in [5.74, 6) is 0. The molecule has 0 unspecified atom stereocenters. The zero-order chi connectivity index (χ0) is 6.41. The summed E-state index contributed by atoms with van der Waals surface area (Å²) in [7, 11) is 0. The van der Waals surface area contributed by atoms with E-state index in [2.05, 4.69) is 0 Å². The van der Waals surface area contributed by atoms with Crippen molar-refractivity contribution in [1.82, 2.24) is 0 Å². The molecule has 0 heterocycles. The van der Waals surface area contributed by atoms with Gasteiger partial charge in [-0.3, -0.25) is 0 Å². The molecule has 0 saturated carbocycles. The van der Waals surface area contributed by atoms with Gasteiger partial charge in [-0.2, -0.15) is 0 Å².